The molecule has 96 valence electrons. The maximum absolute atomic E-state index is 13.3. The van der Waals surface area contributed by atoms with E-state index < -0.39 is 15.7 Å². The molecule has 0 unspecified atom stereocenters. The number of benzene rings is 1. The van der Waals surface area contributed by atoms with Crippen LogP contribution in [0.3, 0.4) is 0 Å². The molecule has 0 atom stereocenters. The molecule has 3 nitrogen and oxygen atoms in total. The molecule has 0 radical (unpaired) electrons. The van der Waals surface area contributed by atoms with E-state index in [-0.39, 0.29) is 10.6 Å². The molecule has 17 heavy (non-hydrogen) atoms. The molecule has 0 aromatic heterocycles. The summed E-state index contributed by atoms with van der Waals surface area (Å²) in [6, 6.07) is 5.49. The van der Waals surface area contributed by atoms with Crippen molar-refractivity contribution in [3.8, 4) is 0 Å². The lowest BCUT2D eigenvalue weighted by Gasteiger charge is -2.06. The minimum Gasteiger partial charge on any atom is -0.317 e. The zero-order chi connectivity index (χ0) is 12.7. The third kappa shape index (κ3) is 4.44. The molecule has 0 heterocycles. The van der Waals surface area contributed by atoms with Crippen LogP contribution in [0, 0.1) is 5.82 Å². The summed E-state index contributed by atoms with van der Waals surface area (Å²) in [5.74, 6) is -0.695. The Bertz CT molecular complexity index is 446. The monoisotopic (exact) mass is 259 g/mol. The fourth-order valence-corrected chi connectivity index (χ4v) is 2.89. The average Bonchev–Trinajstić information content (AvgIpc) is 2.29. The first-order valence-electron chi connectivity index (χ1n) is 5.76. The molecule has 0 aliphatic carbocycles. The third-order valence-corrected chi connectivity index (χ3v) is 4.19. The van der Waals surface area contributed by atoms with Gasteiger partial charge in [-0.2, -0.15) is 0 Å². The summed E-state index contributed by atoms with van der Waals surface area (Å²) < 4.78 is 37.0. The summed E-state index contributed by atoms with van der Waals surface area (Å²) >= 11 is 0. The smallest absolute Gasteiger partial charge is 0.181 e. The minimum atomic E-state index is -3.49. The molecule has 1 aromatic rings. The molecule has 0 aliphatic heterocycles. The van der Waals surface area contributed by atoms with Crippen LogP contribution in [0.25, 0.3) is 0 Å². The van der Waals surface area contributed by atoms with Crippen molar-refractivity contribution in [2.75, 3.05) is 18.8 Å². The maximum Gasteiger partial charge on any atom is 0.181 e. The van der Waals surface area contributed by atoms with Gasteiger partial charge in [0.15, 0.2) is 9.84 Å². The molecule has 0 saturated heterocycles. The van der Waals surface area contributed by atoms with Gasteiger partial charge in [-0.1, -0.05) is 19.1 Å². The van der Waals surface area contributed by atoms with Gasteiger partial charge in [0.25, 0.3) is 0 Å². The van der Waals surface area contributed by atoms with Crippen LogP contribution < -0.4 is 5.32 Å². The van der Waals surface area contributed by atoms with Crippen LogP contribution in [0.15, 0.2) is 29.2 Å². The number of halogens is 1. The zero-order valence-corrected chi connectivity index (χ0v) is 10.8. The Morgan fingerprint density at radius 1 is 1.24 bits per heavy atom. The van der Waals surface area contributed by atoms with Gasteiger partial charge < -0.3 is 5.32 Å². The molecular weight excluding hydrogens is 241 g/mol. The minimum absolute atomic E-state index is 0.0232. The summed E-state index contributed by atoms with van der Waals surface area (Å²) in [7, 11) is -3.49. The summed E-state index contributed by atoms with van der Waals surface area (Å²) in [5.41, 5.74) is 0. The van der Waals surface area contributed by atoms with E-state index >= 15 is 0 Å². The van der Waals surface area contributed by atoms with Crippen LogP contribution in [0.5, 0.6) is 0 Å². The molecule has 0 bridgehead atoms. The highest BCUT2D eigenvalue weighted by Gasteiger charge is 2.17. The molecule has 0 aliphatic rings. The van der Waals surface area contributed by atoms with Crippen molar-refractivity contribution in [2.24, 2.45) is 0 Å². The number of rotatable bonds is 7. The summed E-state index contributed by atoms with van der Waals surface area (Å²) in [6.07, 6.45) is 1.51. The first-order chi connectivity index (χ1) is 8.08. The summed E-state index contributed by atoms with van der Waals surface area (Å²) in [4.78, 5) is -0.199. The lowest BCUT2D eigenvalue weighted by molar-refractivity contribution is 0.563. The van der Waals surface area contributed by atoms with Crippen LogP contribution >= 0.6 is 0 Å². The topological polar surface area (TPSA) is 46.2 Å². The Balaban J connectivity index is 2.55. The van der Waals surface area contributed by atoms with Gasteiger partial charge in [-0.25, -0.2) is 12.8 Å². The van der Waals surface area contributed by atoms with Crippen molar-refractivity contribution in [3.63, 3.8) is 0 Å². The molecule has 0 amide bonds. The maximum atomic E-state index is 13.3. The van der Waals surface area contributed by atoms with E-state index in [1.807, 2.05) is 6.92 Å². The van der Waals surface area contributed by atoms with Gasteiger partial charge in [-0.05, 0) is 38.1 Å². The molecule has 5 heteroatoms. The first-order valence-corrected chi connectivity index (χ1v) is 7.41. The second kappa shape index (κ2) is 6.71. The lowest BCUT2D eigenvalue weighted by atomic mass is 10.3. The van der Waals surface area contributed by atoms with E-state index in [9.17, 15) is 12.8 Å². The normalized spacial score (nSPS) is 11.6. The second-order valence-corrected chi connectivity index (χ2v) is 5.93. The van der Waals surface area contributed by atoms with Gasteiger partial charge in [-0.15, -0.1) is 0 Å². The molecular formula is C12H18FNO2S. The average molecular weight is 259 g/mol. The number of hydrogen-bond acceptors (Lipinski definition) is 3. The SMILES string of the molecule is CCCNCCCS(=O)(=O)c1ccccc1F. The van der Waals surface area contributed by atoms with Crippen molar-refractivity contribution < 1.29 is 12.8 Å². The quantitative estimate of drug-likeness (QED) is 0.762. The van der Waals surface area contributed by atoms with Gasteiger partial charge in [0.2, 0.25) is 0 Å². The van der Waals surface area contributed by atoms with Gasteiger partial charge >= 0.3 is 0 Å². The van der Waals surface area contributed by atoms with E-state index in [2.05, 4.69) is 5.32 Å². The number of hydrogen-bond donors (Lipinski definition) is 1. The van der Waals surface area contributed by atoms with Gasteiger partial charge in [0.1, 0.15) is 10.7 Å². The fourth-order valence-electron chi connectivity index (χ4n) is 1.50. The van der Waals surface area contributed by atoms with Crippen molar-refractivity contribution in [1.29, 1.82) is 0 Å². The van der Waals surface area contributed by atoms with Crippen LogP contribution in [0.1, 0.15) is 19.8 Å². The van der Waals surface area contributed by atoms with E-state index in [0.717, 1.165) is 13.0 Å². The summed E-state index contributed by atoms with van der Waals surface area (Å²) in [6.45, 7) is 3.56. The molecule has 0 spiro atoms. The van der Waals surface area contributed by atoms with Crippen LogP contribution in [0.4, 0.5) is 4.39 Å². The lowest BCUT2D eigenvalue weighted by Crippen LogP contribution is -2.19. The Labute approximate surface area is 102 Å². The molecule has 1 rings (SSSR count). The Morgan fingerprint density at radius 3 is 2.59 bits per heavy atom. The highest BCUT2D eigenvalue weighted by molar-refractivity contribution is 7.91. The number of nitrogens with one attached hydrogen (secondary N) is 1. The van der Waals surface area contributed by atoms with Crippen LogP contribution in [-0.4, -0.2) is 27.3 Å². The van der Waals surface area contributed by atoms with Crippen molar-refractivity contribution in [1.82, 2.24) is 5.32 Å². The van der Waals surface area contributed by atoms with Gasteiger partial charge in [0, 0.05) is 0 Å². The molecule has 0 saturated carbocycles. The van der Waals surface area contributed by atoms with E-state index in [1.54, 1.807) is 0 Å². The van der Waals surface area contributed by atoms with Gasteiger partial charge in [-0.3, -0.25) is 0 Å². The molecule has 1 aromatic carbocycles. The predicted octanol–water partition coefficient (Wildman–Crippen LogP) is 1.99. The predicted molar refractivity (Wildman–Crippen MR) is 66.2 cm³/mol. The standard InChI is InChI=1S/C12H18FNO2S/c1-2-8-14-9-5-10-17(15,16)12-7-4-3-6-11(12)13/h3-4,6-7,14H,2,5,8-10H2,1H3. The largest absolute Gasteiger partial charge is 0.317 e. The van der Waals surface area contributed by atoms with E-state index in [0.29, 0.717) is 13.0 Å². The van der Waals surface area contributed by atoms with Crippen molar-refractivity contribution in [3.05, 3.63) is 30.1 Å². The fraction of sp³-hybridized carbons (Fsp3) is 0.500. The summed E-state index contributed by atoms with van der Waals surface area (Å²) in [5, 5.41) is 3.12. The molecule has 0 fully saturated rings. The molecule has 1 N–H and O–H groups in total. The third-order valence-electron chi connectivity index (χ3n) is 2.37. The first kappa shape index (κ1) is 14.1. The van der Waals surface area contributed by atoms with Crippen LogP contribution in [-0.2, 0) is 9.84 Å². The highest BCUT2D eigenvalue weighted by Crippen LogP contribution is 2.15. The van der Waals surface area contributed by atoms with Crippen LogP contribution in [0.2, 0.25) is 0 Å². The second-order valence-electron chi connectivity index (χ2n) is 3.85. The van der Waals surface area contributed by atoms with Crippen molar-refractivity contribution >= 4 is 9.84 Å². The number of sulfone groups is 1. The van der Waals surface area contributed by atoms with Crippen molar-refractivity contribution in [2.45, 2.75) is 24.7 Å². The van der Waals surface area contributed by atoms with E-state index in [1.165, 1.54) is 24.3 Å². The Kier molecular flexibility index (Phi) is 5.58. The van der Waals surface area contributed by atoms with Gasteiger partial charge in [0.05, 0.1) is 5.75 Å². The van der Waals surface area contributed by atoms with E-state index in [4.69, 9.17) is 0 Å². The highest BCUT2D eigenvalue weighted by atomic mass is 32.2. The zero-order valence-electron chi connectivity index (χ0n) is 9.95. The Hall–Kier alpha value is -0.940. The Morgan fingerprint density at radius 2 is 1.94 bits per heavy atom.